The number of piperidine rings is 1. The molecule has 1 amide bonds. The summed E-state index contributed by atoms with van der Waals surface area (Å²) in [5.74, 6) is -1.56. The molecule has 24 heavy (non-hydrogen) atoms. The third-order valence-electron chi connectivity index (χ3n) is 4.67. The number of carbonyl (C=O) groups excluding carboxylic acids is 1. The Balaban J connectivity index is 1.87. The standard InChI is InChI=1S/C18H21N3O3/c1-12-11-16(19-21(12)14-7-4-3-5-8-14)17(22)20-10-6-9-15(13(20)2)18(23)24/h3-5,7-8,11,13,15H,6,9-10H2,1-2H3,(H,23,24)/t13-,15-/m1/s1. The zero-order valence-electron chi connectivity index (χ0n) is 13.8. The molecule has 1 aliphatic heterocycles. The molecule has 1 aliphatic rings. The average Bonchev–Trinajstić information content (AvgIpc) is 2.97. The first-order chi connectivity index (χ1) is 11.5. The lowest BCUT2D eigenvalue weighted by atomic mass is 9.90. The van der Waals surface area contributed by atoms with E-state index in [1.165, 1.54) is 0 Å². The predicted octanol–water partition coefficient (Wildman–Crippen LogP) is 2.51. The fourth-order valence-electron chi connectivity index (χ4n) is 3.32. The molecule has 6 nitrogen and oxygen atoms in total. The van der Waals surface area contributed by atoms with E-state index in [2.05, 4.69) is 5.10 Å². The van der Waals surface area contributed by atoms with Crippen molar-refractivity contribution in [2.75, 3.05) is 6.54 Å². The zero-order valence-corrected chi connectivity index (χ0v) is 13.8. The number of nitrogens with zero attached hydrogens (tertiary/aromatic N) is 3. The Labute approximate surface area is 140 Å². The third kappa shape index (κ3) is 2.91. The maximum absolute atomic E-state index is 12.8. The Kier molecular flexibility index (Phi) is 4.38. The lowest BCUT2D eigenvalue weighted by Crippen LogP contribution is -2.49. The van der Waals surface area contributed by atoms with Crippen LogP contribution in [0.25, 0.3) is 5.69 Å². The van der Waals surface area contributed by atoms with Gasteiger partial charge >= 0.3 is 5.97 Å². The van der Waals surface area contributed by atoms with Crippen molar-refractivity contribution in [2.24, 2.45) is 5.92 Å². The summed E-state index contributed by atoms with van der Waals surface area (Å²) in [7, 11) is 0. The van der Waals surface area contributed by atoms with Crippen LogP contribution in [0.1, 0.15) is 35.9 Å². The quantitative estimate of drug-likeness (QED) is 0.940. The largest absolute Gasteiger partial charge is 0.481 e. The minimum absolute atomic E-state index is 0.203. The Morgan fingerprint density at radius 1 is 1.25 bits per heavy atom. The van der Waals surface area contributed by atoms with Crippen molar-refractivity contribution < 1.29 is 14.7 Å². The van der Waals surface area contributed by atoms with E-state index in [9.17, 15) is 14.7 Å². The summed E-state index contributed by atoms with van der Waals surface area (Å²) >= 11 is 0. The number of benzene rings is 1. The van der Waals surface area contributed by atoms with Gasteiger partial charge in [0.15, 0.2) is 5.69 Å². The number of hydrogen-bond acceptors (Lipinski definition) is 3. The van der Waals surface area contributed by atoms with Gasteiger partial charge in [0.1, 0.15) is 0 Å². The van der Waals surface area contributed by atoms with Crippen LogP contribution in [0.15, 0.2) is 36.4 Å². The normalized spacial score (nSPS) is 20.8. The highest BCUT2D eigenvalue weighted by Gasteiger charge is 2.36. The number of carboxylic acids is 1. The number of likely N-dealkylation sites (tertiary alicyclic amines) is 1. The molecular weight excluding hydrogens is 306 g/mol. The van der Waals surface area contributed by atoms with Gasteiger partial charge < -0.3 is 10.0 Å². The lowest BCUT2D eigenvalue weighted by molar-refractivity contribution is -0.144. The molecule has 0 unspecified atom stereocenters. The van der Waals surface area contributed by atoms with E-state index in [1.807, 2.05) is 37.3 Å². The topological polar surface area (TPSA) is 75.4 Å². The Bertz CT molecular complexity index is 754. The van der Waals surface area contributed by atoms with Gasteiger partial charge in [-0.05, 0) is 44.9 Å². The Morgan fingerprint density at radius 2 is 1.96 bits per heavy atom. The predicted molar refractivity (Wildman–Crippen MR) is 89.2 cm³/mol. The Hall–Kier alpha value is -2.63. The summed E-state index contributed by atoms with van der Waals surface area (Å²) in [6, 6.07) is 11.1. The first-order valence-corrected chi connectivity index (χ1v) is 8.15. The summed E-state index contributed by atoms with van der Waals surface area (Å²) < 4.78 is 1.73. The van der Waals surface area contributed by atoms with Gasteiger partial charge in [-0.2, -0.15) is 5.10 Å². The van der Waals surface area contributed by atoms with Crippen LogP contribution in [0.4, 0.5) is 0 Å². The number of aryl methyl sites for hydroxylation is 1. The average molecular weight is 327 g/mol. The molecule has 0 aliphatic carbocycles. The minimum Gasteiger partial charge on any atom is -0.481 e. The molecule has 1 N–H and O–H groups in total. The number of hydrogen-bond donors (Lipinski definition) is 1. The first-order valence-electron chi connectivity index (χ1n) is 8.15. The van der Waals surface area contributed by atoms with Crippen LogP contribution in [0, 0.1) is 12.8 Å². The number of aliphatic carboxylic acids is 1. The number of amides is 1. The first kappa shape index (κ1) is 16.2. The highest BCUT2D eigenvalue weighted by molar-refractivity contribution is 5.93. The number of para-hydroxylation sites is 1. The molecule has 126 valence electrons. The number of rotatable bonds is 3. The van der Waals surface area contributed by atoms with Gasteiger partial charge in [0.2, 0.25) is 0 Å². The van der Waals surface area contributed by atoms with Crippen molar-refractivity contribution in [1.29, 1.82) is 0 Å². The smallest absolute Gasteiger partial charge is 0.308 e. The fourth-order valence-corrected chi connectivity index (χ4v) is 3.32. The second-order valence-electron chi connectivity index (χ2n) is 6.24. The van der Waals surface area contributed by atoms with Crippen LogP contribution in [-0.2, 0) is 4.79 Å². The molecule has 2 aromatic rings. The van der Waals surface area contributed by atoms with E-state index in [4.69, 9.17) is 0 Å². The Morgan fingerprint density at radius 3 is 2.62 bits per heavy atom. The maximum atomic E-state index is 12.8. The van der Waals surface area contributed by atoms with Crippen LogP contribution < -0.4 is 0 Å². The van der Waals surface area contributed by atoms with Crippen molar-refractivity contribution in [1.82, 2.24) is 14.7 Å². The number of carbonyl (C=O) groups is 2. The molecule has 1 aromatic heterocycles. The van der Waals surface area contributed by atoms with Crippen LogP contribution in [0.3, 0.4) is 0 Å². The summed E-state index contributed by atoms with van der Waals surface area (Å²) in [6.07, 6.45) is 1.31. The highest BCUT2D eigenvalue weighted by Crippen LogP contribution is 2.25. The molecule has 2 heterocycles. The van der Waals surface area contributed by atoms with E-state index in [1.54, 1.807) is 22.6 Å². The number of aromatic nitrogens is 2. The van der Waals surface area contributed by atoms with E-state index in [0.29, 0.717) is 25.1 Å². The van der Waals surface area contributed by atoms with Gasteiger partial charge in [0, 0.05) is 18.3 Å². The third-order valence-corrected chi connectivity index (χ3v) is 4.67. The molecule has 0 radical (unpaired) electrons. The van der Waals surface area contributed by atoms with Gasteiger partial charge in [-0.15, -0.1) is 0 Å². The molecule has 0 saturated carbocycles. The van der Waals surface area contributed by atoms with Gasteiger partial charge in [0.25, 0.3) is 5.91 Å². The summed E-state index contributed by atoms with van der Waals surface area (Å²) in [4.78, 5) is 25.8. The summed E-state index contributed by atoms with van der Waals surface area (Å²) in [5.41, 5.74) is 2.11. The van der Waals surface area contributed by atoms with Crippen LogP contribution in [0.2, 0.25) is 0 Å². The molecule has 6 heteroatoms. The SMILES string of the molecule is Cc1cc(C(=O)N2CCC[C@@H](C(=O)O)[C@H]2C)nn1-c1ccccc1. The van der Waals surface area contributed by atoms with Crippen LogP contribution in [0.5, 0.6) is 0 Å². The summed E-state index contributed by atoms with van der Waals surface area (Å²) in [5, 5.41) is 13.8. The van der Waals surface area contributed by atoms with E-state index >= 15 is 0 Å². The van der Waals surface area contributed by atoms with Gasteiger partial charge in [0.05, 0.1) is 11.6 Å². The van der Waals surface area contributed by atoms with Crippen molar-refractivity contribution in [3.05, 3.63) is 47.8 Å². The molecule has 1 aromatic carbocycles. The zero-order chi connectivity index (χ0) is 17.3. The summed E-state index contributed by atoms with van der Waals surface area (Å²) in [6.45, 7) is 4.27. The minimum atomic E-state index is -0.842. The molecular formula is C18H21N3O3. The van der Waals surface area contributed by atoms with E-state index < -0.39 is 11.9 Å². The highest BCUT2D eigenvalue weighted by atomic mass is 16.4. The van der Waals surface area contributed by atoms with Crippen molar-refractivity contribution >= 4 is 11.9 Å². The van der Waals surface area contributed by atoms with Crippen molar-refractivity contribution in [3.8, 4) is 5.69 Å². The van der Waals surface area contributed by atoms with Crippen molar-refractivity contribution in [2.45, 2.75) is 32.7 Å². The van der Waals surface area contributed by atoms with Crippen LogP contribution in [-0.4, -0.2) is 44.3 Å². The maximum Gasteiger partial charge on any atom is 0.308 e. The molecule has 2 atom stereocenters. The van der Waals surface area contributed by atoms with Crippen molar-refractivity contribution in [3.63, 3.8) is 0 Å². The fraction of sp³-hybridized carbons (Fsp3) is 0.389. The van der Waals surface area contributed by atoms with Gasteiger partial charge in [-0.25, -0.2) is 4.68 Å². The molecule has 1 saturated heterocycles. The molecule has 3 rings (SSSR count). The molecule has 0 spiro atoms. The second kappa shape index (κ2) is 6.47. The van der Waals surface area contributed by atoms with E-state index in [0.717, 1.165) is 11.4 Å². The van der Waals surface area contributed by atoms with Crippen LogP contribution >= 0.6 is 0 Å². The lowest BCUT2D eigenvalue weighted by Gasteiger charge is -2.37. The van der Waals surface area contributed by atoms with E-state index in [-0.39, 0.29) is 11.9 Å². The van der Waals surface area contributed by atoms with Gasteiger partial charge in [-0.3, -0.25) is 9.59 Å². The van der Waals surface area contributed by atoms with Gasteiger partial charge in [-0.1, -0.05) is 18.2 Å². The second-order valence-corrected chi connectivity index (χ2v) is 6.24. The molecule has 0 bridgehead atoms. The molecule has 1 fully saturated rings. The monoisotopic (exact) mass is 327 g/mol. The number of carboxylic acid groups (broad SMARTS) is 1.